The van der Waals surface area contributed by atoms with Gasteiger partial charge in [-0.1, -0.05) is 86.4 Å². The summed E-state index contributed by atoms with van der Waals surface area (Å²) in [6.07, 6.45) is 3.86. The van der Waals surface area contributed by atoms with Crippen LogP contribution in [0.2, 0.25) is 0 Å². The topological polar surface area (TPSA) is 30.2 Å². The molecule has 4 rings (SSSR count). The smallest absolute Gasteiger partial charge is 0.161 e. The summed E-state index contributed by atoms with van der Waals surface area (Å²) in [5.74, 6) is 0.840. The van der Waals surface area contributed by atoms with Crippen LogP contribution in [0.5, 0.6) is 0 Å². The third-order valence-electron chi connectivity index (χ3n) is 4.65. The average molecular weight is 378 g/mol. The van der Waals surface area contributed by atoms with Gasteiger partial charge in [-0.25, -0.2) is 4.68 Å². The van der Waals surface area contributed by atoms with Gasteiger partial charge in [-0.3, -0.25) is 4.99 Å². The van der Waals surface area contributed by atoms with Crippen LogP contribution in [0.15, 0.2) is 72.0 Å². The van der Waals surface area contributed by atoms with Crippen molar-refractivity contribution in [2.75, 3.05) is 0 Å². The molecule has 0 amide bonds. The molecule has 1 aromatic heterocycles. The molecule has 1 aliphatic rings. The van der Waals surface area contributed by atoms with E-state index in [-0.39, 0.29) is 5.41 Å². The van der Waals surface area contributed by atoms with Crippen molar-refractivity contribution in [2.24, 2.45) is 4.99 Å². The van der Waals surface area contributed by atoms with Crippen molar-refractivity contribution in [2.45, 2.75) is 25.0 Å². The van der Waals surface area contributed by atoms with Crippen LogP contribution < -0.4 is 0 Å². The fraction of sp³-hybridized carbons (Fsp3) is 0.190. The first-order chi connectivity index (χ1) is 12.6. The summed E-state index contributed by atoms with van der Waals surface area (Å²) in [5.41, 5.74) is 5.48. The van der Waals surface area contributed by atoms with Crippen LogP contribution >= 0.6 is 24.0 Å². The second-order valence-electron chi connectivity index (χ2n) is 6.82. The minimum atomic E-state index is -0.136. The van der Waals surface area contributed by atoms with E-state index in [0.29, 0.717) is 0 Å². The number of hydrogen-bond donors (Lipinski definition) is 0. The lowest BCUT2D eigenvalue weighted by Gasteiger charge is -2.21. The van der Waals surface area contributed by atoms with Gasteiger partial charge in [0.25, 0.3) is 0 Å². The summed E-state index contributed by atoms with van der Waals surface area (Å²) in [5, 5.41) is 4.48. The van der Waals surface area contributed by atoms with Crippen LogP contribution in [0, 0.1) is 0 Å². The zero-order valence-electron chi connectivity index (χ0n) is 14.7. The molecule has 0 spiro atoms. The molecule has 2 heterocycles. The Hall–Kier alpha value is -2.24. The summed E-state index contributed by atoms with van der Waals surface area (Å²) in [6.45, 7) is 4.41. The average Bonchev–Trinajstić information content (AvgIpc) is 3.24. The van der Waals surface area contributed by atoms with Crippen LogP contribution in [0.1, 0.15) is 30.5 Å². The zero-order valence-corrected chi connectivity index (χ0v) is 16.3. The molecule has 0 unspecified atom stereocenters. The lowest BCUT2D eigenvalue weighted by Crippen LogP contribution is -2.26. The molecule has 0 bridgehead atoms. The highest BCUT2D eigenvalue weighted by Gasteiger charge is 2.36. The third kappa shape index (κ3) is 3.13. The molecule has 0 aliphatic carbocycles. The van der Waals surface area contributed by atoms with E-state index in [9.17, 15) is 0 Å². The number of fused-ring (bicyclic) bond motifs is 1. The molecule has 3 aromatic rings. The van der Waals surface area contributed by atoms with E-state index in [2.05, 4.69) is 49.3 Å². The fourth-order valence-electron chi connectivity index (χ4n) is 3.24. The van der Waals surface area contributed by atoms with Gasteiger partial charge < -0.3 is 0 Å². The number of para-hydroxylation sites is 1. The molecule has 5 heteroatoms. The predicted octanol–water partition coefficient (Wildman–Crippen LogP) is 5.36. The van der Waals surface area contributed by atoms with Crippen molar-refractivity contribution in [1.82, 2.24) is 9.78 Å². The number of rotatable bonds is 3. The maximum Gasteiger partial charge on any atom is 0.161 e. The van der Waals surface area contributed by atoms with Gasteiger partial charge in [0, 0.05) is 22.9 Å². The maximum atomic E-state index is 5.56. The molecule has 0 saturated heterocycles. The Morgan fingerprint density at radius 1 is 1.08 bits per heavy atom. The van der Waals surface area contributed by atoms with E-state index in [4.69, 9.17) is 17.2 Å². The van der Waals surface area contributed by atoms with Crippen molar-refractivity contribution in [1.29, 1.82) is 0 Å². The van der Waals surface area contributed by atoms with Crippen molar-refractivity contribution in [3.05, 3.63) is 83.7 Å². The molecule has 0 N–H and O–H groups in total. The molecule has 3 nitrogen and oxygen atoms in total. The molecule has 0 atom stereocenters. The van der Waals surface area contributed by atoms with Crippen molar-refractivity contribution >= 4 is 39.7 Å². The van der Waals surface area contributed by atoms with Crippen LogP contribution in [0.25, 0.3) is 0 Å². The van der Waals surface area contributed by atoms with Crippen molar-refractivity contribution in [3.63, 3.8) is 0 Å². The van der Waals surface area contributed by atoms with Crippen LogP contribution in [0.3, 0.4) is 0 Å². The van der Waals surface area contributed by atoms with Gasteiger partial charge >= 0.3 is 0 Å². The van der Waals surface area contributed by atoms with Crippen molar-refractivity contribution < 1.29 is 0 Å². The van der Waals surface area contributed by atoms with Gasteiger partial charge in [0.2, 0.25) is 0 Å². The highest BCUT2D eigenvalue weighted by Crippen LogP contribution is 2.41. The predicted molar refractivity (Wildman–Crippen MR) is 114 cm³/mol. The number of aliphatic imine (C=N–C) groups is 1. The largest absolute Gasteiger partial charge is 0.251 e. The van der Waals surface area contributed by atoms with E-state index < -0.39 is 0 Å². The molecule has 0 radical (unpaired) electrons. The third-order valence-corrected chi connectivity index (χ3v) is 6.10. The lowest BCUT2D eigenvalue weighted by atomic mass is 9.80. The summed E-state index contributed by atoms with van der Waals surface area (Å²) < 4.78 is 2.52. The molecule has 0 fully saturated rings. The first kappa shape index (κ1) is 17.2. The molecule has 0 saturated carbocycles. The first-order valence-electron chi connectivity index (χ1n) is 8.50. The molecule has 2 aromatic carbocycles. The SMILES string of the molecule is CC1(C)C(c2cnn(C(=S)SCc3ccccc3)c2)=Nc2ccccc21. The first-order valence-corrected chi connectivity index (χ1v) is 9.90. The van der Waals surface area contributed by atoms with Crippen LogP contribution in [-0.2, 0) is 11.2 Å². The van der Waals surface area contributed by atoms with Gasteiger partial charge in [-0.05, 0) is 17.2 Å². The van der Waals surface area contributed by atoms with E-state index >= 15 is 0 Å². The second kappa shape index (κ2) is 6.82. The van der Waals surface area contributed by atoms with Gasteiger partial charge in [0.05, 0.1) is 17.6 Å². The normalized spacial score (nSPS) is 14.8. The summed E-state index contributed by atoms with van der Waals surface area (Å²) in [4.78, 5) is 4.85. The minimum absolute atomic E-state index is 0.136. The van der Waals surface area contributed by atoms with E-state index in [0.717, 1.165) is 27.0 Å². The number of nitrogens with zero attached hydrogens (tertiary/aromatic N) is 3. The molecular weight excluding hydrogens is 358 g/mol. The monoisotopic (exact) mass is 377 g/mol. The van der Waals surface area contributed by atoms with Crippen molar-refractivity contribution in [3.8, 4) is 0 Å². The van der Waals surface area contributed by atoms with Crippen LogP contribution in [0.4, 0.5) is 5.69 Å². The maximum absolute atomic E-state index is 5.56. The van der Waals surface area contributed by atoms with Gasteiger partial charge in [0.1, 0.15) is 0 Å². The van der Waals surface area contributed by atoms with Gasteiger partial charge in [0.15, 0.2) is 4.32 Å². The molecule has 26 heavy (non-hydrogen) atoms. The number of thiocarbonyl (C=S) groups is 1. The molecule has 1 aliphatic heterocycles. The standard InChI is InChI=1S/C21H19N3S2/c1-21(2)17-10-6-7-11-18(17)23-19(21)16-12-22-24(13-16)20(25)26-14-15-8-4-3-5-9-15/h3-13H,14H2,1-2H3. The number of thioether (sulfide) groups is 1. The number of aromatic nitrogens is 2. The Bertz CT molecular complexity index is 987. The summed E-state index contributed by atoms with van der Waals surface area (Å²) in [6, 6.07) is 18.6. The Balaban J connectivity index is 1.53. The number of benzene rings is 2. The highest BCUT2D eigenvalue weighted by atomic mass is 32.2. The van der Waals surface area contributed by atoms with Gasteiger partial charge in [-0.15, -0.1) is 0 Å². The Morgan fingerprint density at radius 3 is 2.58 bits per heavy atom. The Labute approximate surface area is 163 Å². The fourth-order valence-corrected chi connectivity index (χ4v) is 4.23. The van der Waals surface area contributed by atoms with Gasteiger partial charge in [-0.2, -0.15) is 5.10 Å². The van der Waals surface area contributed by atoms with E-state index in [1.165, 1.54) is 11.1 Å². The zero-order chi connectivity index (χ0) is 18.1. The quantitative estimate of drug-likeness (QED) is 0.576. The lowest BCUT2D eigenvalue weighted by molar-refractivity contribution is 0.737. The summed E-state index contributed by atoms with van der Waals surface area (Å²) in [7, 11) is 0. The molecule has 130 valence electrons. The summed E-state index contributed by atoms with van der Waals surface area (Å²) >= 11 is 7.18. The number of hydrogen-bond acceptors (Lipinski definition) is 4. The van der Waals surface area contributed by atoms with E-state index in [1.807, 2.05) is 36.7 Å². The molecular formula is C21H19N3S2. The second-order valence-corrected chi connectivity index (χ2v) is 8.43. The van der Waals surface area contributed by atoms with E-state index in [1.54, 1.807) is 16.4 Å². The minimum Gasteiger partial charge on any atom is -0.251 e. The highest BCUT2D eigenvalue weighted by molar-refractivity contribution is 8.22. The Kier molecular flexibility index (Phi) is 4.51. The Morgan fingerprint density at radius 2 is 1.81 bits per heavy atom. The van der Waals surface area contributed by atoms with Crippen LogP contribution in [-0.4, -0.2) is 19.8 Å².